The molecule has 0 aliphatic carbocycles. The van der Waals surface area contributed by atoms with Crippen LogP contribution < -0.4 is 9.47 Å². The molecule has 0 saturated carbocycles. The normalized spacial score (nSPS) is 10.9. The second-order valence-electron chi connectivity index (χ2n) is 5.91. The lowest BCUT2D eigenvalue weighted by molar-refractivity contribution is -0.104. The van der Waals surface area contributed by atoms with Gasteiger partial charge in [-0.3, -0.25) is 4.79 Å². The first kappa shape index (κ1) is 20.6. The number of unbranched alkanes of at least 4 members (excludes halogenated alkanes) is 1. The van der Waals surface area contributed by atoms with Crippen LogP contribution in [-0.2, 0) is 9.53 Å². The minimum Gasteiger partial charge on any atom is -0.493 e. The first-order valence-electron chi connectivity index (χ1n) is 9.00. The predicted molar refractivity (Wildman–Crippen MR) is 105 cm³/mol. The van der Waals surface area contributed by atoms with Gasteiger partial charge < -0.3 is 14.2 Å². The van der Waals surface area contributed by atoms with Gasteiger partial charge in [-0.15, -0.1) is 0 Å². The van der Waals surface area contributed by atoms with Crippen LogP contribution in [0.2, 0.25) is 0 Å². The second kappa shape index (κ2) is 11.1. The Morgan fingerprint density at radius 3 is 2.48 bits per heavy atom. The first-order chi connectivity index (χ1) is 13.2. The van der Waals surface area contributed by atoms with Crippen LogP contribution in [0.5, 0.6) is 11.5 Å². The number of ether oxygens (including phenoxy) is 3. The van der Waals surface area contributed by atoms with Crippen LogP contribution >= 0.6 is 0 Å². The molecule has 0 heterocycles. The van der Waals surface area contributed by atoms with Crippen LogP contribution in [0.1, 0.15) is 25.3 Å². The summed E-state index contributed by atoms with van der Waals surface area (Å²) in [5.74, 6) is 0.359. The summed E-state index contributed by atoms with van der Waals surface area (Å²) in [5.41, 5.74) is 2.03. The number of carbonyl (C=O) groups is 1. The van der Waals surface area contributed by atoms with Gasteiger partial charge in [0.2, 0.25) is 0 Å². The zero-order valence-corrected chi connectivity index (χ0v) is 15.7. The molecule has 0 fully saturated rings. The molecule has 0 aromatic heterocycles. The number of carbonyl (C=O) groups excluding carboxylic acids is 1. The Morgan fingerprint density at radius 2 is 1.81 bits per heavy atom. The molecule has 0 spiro atoms. The van der Waals surface area contributed by atoms with Gasteiger partial charge in [-0.1, -0.05) is 25.5 Å². The van der Waals surface area contributed by atoms with E-state index in [1.165, 1.54) is 25.3 Å². The molecule has 0 aliphatic heterocycles. The first-order valence-corrected chi connectivity index (χ1v) is 9.00. The lowest BCUT2D eigenvalue weighted by Gasteiger charge is -2.11. The zero-order valence-electron chi connectivity index (χ0n) is 15.7. The maximum atomic E-state index is 14.3. The molecule has 0 amide bonds. The Labute approximate surface area is 159 Å². The Balaban J connectivity index is 2.06. The van der Waals surface area contributed by atoms with E-state index in [0.29, 0.717) is 30.6 Å². The average molecular weight is 372 g/mol. The van der Waals surface area contributed by atoms with Crippen LogP contribution in [-0.4, -0.2) is 33.2 Å². The van der Waals surface area contributed by atoms with E-state index in [1.54, 1.807) is 6.07 Å². The van der Waals surface area contributed by atoms with Crippen LogP contribution in [0, 0.1) is 5.82 Å². The number of halogens is 1. The SMILES string of the molecule is CCCCOCCOc1ccc(-c2cc(F)c(OC)c(/C=C/C=O)c2)cc1. The fourth-order valence-corrected chi connectivity index (χ4v) is 2.57. The standard InChI is InChI=1S/C22H25FO4/c1-3-4-12-26-13-14-27-20-9-7-17(8-10-20)19-15-18(6-5-11-24)22(25-2)21(23)16-19/h5-11,15-16H,3-4,12-14H2,1-2H3/b6-5+. The molecule has 0 N–H and O–H groups in total. The fraction of sp³-hybridized carbons (Fsp3) is 0.318. The number of methoxy groups -OCH3 is 1. The van der Waals surface area contributed by atoms with Gasteiger partial charge in [-0.05, 0) is 54.0 Å². The molecule has 27 heavy (non-hydrogen) atoms. The number of hydrogen-bond donors (Lipinski definition) is 0. The van der Waals surface area contributed by atoms with E-state index in [1.807, 2.05) is 24.3 Å². The van der Waals surface area contributed by atoms with Gasteiger partial charge in [0, 0.05) is 12.2 Å². The lowest BCUT2D eigenvalue weighted by atomic mass is 10.0. The summed E-state index contributed by atoms with van der Waals surface area (Å²) < 4.78 is 30.5. The predicted octanol–water partition coefficient (Wildman–Crippen LogP) is 4.91. The summed E-state index contributed by atoms with van der Waals surface area (Å²) in [6, 6.07) is 10.6. The molecule has 0 aliphatic rings. The summed E-state index contributed by atoms with van der Waals surface area (Å²) in [4.78, 5) is 10.6. The van der Waals surface area contributed by atoms with E-state index >= 15 is 0 Å². The maximum absolute atomic E-state index is 14.3. The van der Waals surface area contributed by atoms with E-state index in [2.05, 4.69) is 6.92 Å². The minimum absolute atomic E-state index is 0.111. The summed E-state index contributed by atoms with van der Waals surface area (Å²) in [7, 11) is 1.40. The lowest BCUT2D eigenvalue weighted by Crippen LogP contribution is -2.07. The largest absolute Gasteiger partial charge is 0.493 e. The Morgan fingerprint density at radius 1 is 1.04 bits per heavy atom. The maximum Gasteiger partial charge on any atom is 0.166 e. The molecule has 2 rings (SSSR count). The van der Waals surface area contributed by atoms with Crippen molar-refractivity contribution >= 4 is 12.4 Å². The van der Waals surface area contributed by atoms with Crippen LogP contribution in [0.15, 0.2) is 42.5 Å². The van der Waals surface area contributed by atoms with Crippen molar-refractivity contribution in [1.82, 2.24) is 0 Å². The van der Waals surface area contributed by atoms with Gasteiger partial charge in [0.05, 0.1) is 13.7 Å². The third kappa shape index (κ3) is 6.22. The van der Waals surface area contributed by atoms with E-state index < -0.39 is 5.82 Å². The Kier molecular flexibility index (Phi) is 8.52. The van der Waals surface area contributed by atoms with Crippen molar-refractivity contribution in [3.8, 4) is 22.6 Å². The quantitative estimate of drug-likeness (QED) is 0.319. The van der Waals surface area contributed by atoms with Gasteiger partial charge in [0.1, 0.15) is 18.6 Å². The number of rotatable bonds is 11. The number of benzene rings is 2. The molecule has 0 saturated heterocycles. The molecule has 5 heteroatoms. The Hall–Kier alpha value is -2.66. The number of allylic oxidation sites excluding steroid dienone is 1. The molecule has 0 bridgehead atoms. The molecule has 0 unspecified atom stereocenters. The molecular weight excluding hydrogens is 347 g/mol. The molecule has 144 valence electrons. The van der Waals surface area contributed by atoms with E-state index in [0.717, 1.165) is 30.8 Å². The van der Waals surface area contributed by atoms with Crippen LogP contribution in [0.25, 0.3) is 17.2 Å². The number of hydrogen-bond acceptors (Lipinski definition) is 4. The highest BCUT2D eigenvalue weighted by atomic mass is 19.1. The van der Waals surface area contributed by atoms with Crippen LogP contribution in [0.3, 0.4) is 0 Å². The smallest absolute Gasteiger partial charge is 0.166 e. The average Bonchev–Trinajstić information content (AvgIpc) is 2.69. The zero-order chi connectivity index (χ0) is 19.5. The van der Waals surface area contributed by atoms with Crippen molar-refractivity contribution in [3.05, 3.63) is 53.9 Å². The van der Waals surface area contributed by atoms with E-state index in [9.17, 15) is 9.18 Å². The summed E-state index contributed by atoms with van der Waals surface area (Å²) in [5, 5.41) is 0. The van der Waals surface area contributed by atoms with Crippen molar-refractivity contribution < 1.29 is 23.4 Å². The molecule has 4 nitrogen and oxygen atoms in total. The van der Waals surface area contributed by atoms with Crippen molar-refractivity contribution in [2.75, 3.05) is 26.9 Å². The van der Waals surface area contributed by atoms with E-state index in [4.69, 9.17) is 14.2 Å². The summed E-state index contributed by atoms with van der Waals surface area (Å²) >= 11 is 0. The van der Waals surface area contributed by atoms with E-state index in [-0.39, 0.29) is 5.75 Å². The monoisotopic (exact) mass is 372 g/mol. The molecule has 2 aromatic carbocycles. The number of aldehydes is 1. The second-order valence-corrected chi connectivity index (χ2v) is 5.91. The summed E-state index contributed by atoms with van der Waals surface area (Å²) in [6.07, 6.45) is 5.63. The molecule has 2 aromatic rings. The van der Waals surface area contributed by atoms with Gasteiger partial charge in [-0.2, -0.15) is 0 Å². The Bertz CT molecular complexity index is 754. The van der Waals surface area contributed by atoms with Crippen molar-refractivity contribution in [1.29, 1.82) is 0 Å². The van der Waals surface area contributed by atoms with Crippen molar-refractivity contribution in [3.63, 3.8) is 0 Å². The highest BCUT2D eigenvalue weighted by Gasteiger charge is 2.11. The van der Waals surface area contributed by atoms with Gasteiger partial charge in [0.25, 0.3) is 0 Å². The fourth-order valence-electron chi connectivity index (χ4n) is 2.57. The van der Waals surface area contributed by atoms with Gasteiger partial charge in [0.15, 0.2) is 11.6 Å². The highest BCUT2D eigenvalue weighted by molar-refractivity contribution is 5.78. The third-order valence-electron chi connectivity index (χ3n) is 3.96. The third-order valence-corrected chi connectivity index (χ3v) is 3.96. The topological polar surface area (TPSA) is 44.8 Å². The van der Waals surface area contributed by atoms with Crippen molar-refractivity contribution in [2.24, 2.45) is 0 Å². The van der Waals surface area contributed by atoms with Crippen LogP contribution in [0.4, 0.5) is 4.39 Å². The van der Waals surface area contributed by atoms with Gasteiger partial charge >= 0.3 is 0 Å². The highest BCUT2D eigenvalue weighted by Crippen LogP contribution is 2.31. The van der Waals surface area contributed by atoms with Gasteiger partial charge in [-0.25, -0.2) is 4.39 Å². The molecular formula is C22H25FO4. The summed E-state index contributed by atoms with van der Waals surface area (Å²) in [6.45, 7) is 3.92. The van der Waals surface area contributed by atoms with Crippen molar-refractivity contribution in [2.45, 2.75) is 19.8 Å². The molecule has 0 atom stereocenters. The minimum atomic E-state index is -0.481. The molecule has 0 radical (unpaired) electrons.